The molecule has 4 rings (SSSR count). The highest BCUT2D eigenvalue weighted by Gasteiger charge is 2.41. The third-order valence-electron chi connectivity index (χ3n) is 6.43. The Hall–Kier alpha value is -1.73. The molecule has 1 atom stereocenters. The van der Waals surface area contributed by atoms with Crippen molar-refractivity contribution in [2.75, 3.05) is 39.4 Å². The van der Waals surface area contributed by atoms with Crippen LogP contribution in [0.25, 0.3) is 0 Å². The van der Waals surface area contributed by atoms with Crippen LogP contribution in [0.3, 0.4) is 0 Å². The highest BCUT2D eigenvalue weighted by molar-refractivity contribution is 5.75. The molecule has 1 aromatic rings. The number of hydrogen-bond donors (Lipinski definition) is 1. The van der Waals surface area contributed by atoms with E-state index in [-0.39, 0.29) is 17.5 Å². The quantitative estimate of drug-likeness (QED) is 0.858. The van der Waals surface area contributed by atoms with Crippen LogP contribution in [-0.2, 0) is 11.3 Å². The third-order valence-corrected chi connectivity index (χ3v) is 6.43. The van der Waals surface area contributed by atoms with Crippen molar-refractivity contribution in [3.8, 4) is 0 Å². The minimum Gasteiger partial charge on any atom is -0.381 e. The van der Waals surface area contributed by atoms with Gasteiger partial charge >= 0.3 is 6.03 Å². The lowest BCUT2D eigenvalue weighted by molar-refractivity contribution is -0.000512. The van der Waals surface area contributed by atoms with Gasteiger partial charge in [0, 0.05) is 50.8 Å². The Labute approximate surface area is 165 Å². The SMILES string of the molecule is O=C(NC1CCN(Cc2ccc(F)c(F)c2)CC1)N1CCC2(CCCOC2)C1. The molecule has 7 heteroatoms. The molecular formula is C21H29F2N3O2. The first-order valence-corrected chi connectivity index (χ1v) is 10.3. The van der Waals surface area contributed by atoms with E-state index in [1.165, 1.54) is 12.1 Å². The summed E-state index contributed by atoms with van der Waals surface area (Å²) in [5.41, 5.74) is 0.946. The summed E-state index contributed by atoms with van der Waals surface area (Å²) in [6, 6.07) is 4.29. The van der Waals surface area contributed by atoms with Gasteiger partial charge in [0.15, 0.2) is 11.6 Å². The predicted molar refractivity (Wildman–Crippen MR) is 102 cm³/mol. The number of halogens is 2. The summed E-state index contributed by atoms with van der Waals surface area (Å²) in [6.45, 7) is 5.50. The fraction of sp³-hybridized carbons (Fsp3) is 0.667. The molecule has 5 nitrogen and oxygen atoms in total. The number of rotatable bonds is 3. The van der Waals surface area contributed by atoms with E-state index in [4.69, 9.17) is 4.74 Å². The molecule has 0 aromatic heterocycles. The number of nitrogens with zero attached hydrogens (tertiary/aromatic N) is 2. The lowest BCUT2D eigenvalue weighted by atomic mass is 9.82. The van der Waals surface area contributed by atoms with Gasteiger partial charge in [-0.15, -0.1) is 0 Å². The molecule has 3 heterocycles. The number of benzene rings is 1. The van der Waals surface area contributed by atoms with E-state index in [2.05, 4.69) is 10.2 Å². The molecule has 0 aliphatic carbocycles. The van der Waals surface area contributed by atoms with Crippen molar-refractivity contribution in [2.24, 2.45) is 5.41 Å². The van der Waals surface area contributed by atoms with E-state index in [0.717, 1.165) is 77.1 Å². The van der Waals surface area contributed by atoms with E-state index >= 15 is 0 Å². The Morgan fingerprint density at radius 2 is 2.00 bits per heavy atom. The first-order valence-electron chi connectivity index (χ1n) is 10.3. The van der Waals surface area contributed by atoms with E-state index in [1.807, 2.05) is 4.90 Å². The van der Waals surface area contributed by atoms with Crippen LogP contribution < -0.4 is 5.32 Å². The summed E-state index contributed by atoms with van der Waals surface area (Å²) in [4.78, 5) is 16.8. The summed E-state index contributed by atoms with van der Waals surface area (Å²) in [6.07, 6.45) is 5.02. The monoisotopic (exact) mass is 393 g/mol. The van der Waals surface area contributed by atoms with Gasteiger partial charge < -0.3 is 15.0 Å². The number of hydrogen-bond acceptors (Lipinski definition) is 3. The van der Waals surface area contributed by atoms with Crippen LogP contribution in [0.2, 0.25) is 0 Å². The fourth-order valence-corrected chi connectivity index (χ4v) is 4.74. The molecule has 3 aliphatic rings. The Kier molecular flexibility index (Phi) is 5.83. The van der Waals surface area contributed by atoms with Crippen molar-refractivity contribution < 1.29 is 18.3 Å². The summed E-state index contributed by atoms with van der Waals surface area (Å²) in [7, 11) is 0. The van der Waals surface area contributed by atoms with Crippen molar-refractivity contribution in [3.05, 3.63) is 35.4 Å². The zero-order chi connectivity index (χ0) is 19.6. The minimum atomic E-state index is -0.811. The first-order chi connectivity index (χ1) is 13.5. The highest BCUT2D eigenvalue weighted by atomic mass is 19.2. The summed E-state index contributed by atoms with van der Waals surface area (Å²) < 4.78 is 32.1. The van der Waals surface area contributed by atoms with Crippen molar-refractivity contribution in [1.29, 1.82) is 0 Å². The van der Waals surface area contributed by atoms with Crippen LogP contribution >= 0.6 is 0 Å². The van der Waals surface area contributed by atoms with Gasteiger partial charge in [-0.3, -0.25) is 4.90 Å². The van der Waals surface area contributed by atoms with Crippen LogP contribution in [0, 0.1) is 17.0 Å². The van der Waals surface area contributed by atoms with E-state index < -0.39 is 11.6 Å². The molecule has 1 N–H and O–H groups in total. The van der Waals surface area contributed by atoms with Crippen LogP contribution in [0.1, 0.15) is 37.7 Å². The smallest absolute Gasteiger partial charge is 0.317 e. The van der Waals surface area contributed by atoms with Gasteiger partial charge in [-0.2, -0.15) is 0 Å². The first kappa shape index (κ1) is 19.6. The Bertz CT molecular complexity index is 701. The molecular weight excluding hydrogens is 364 g/mol. The molecule has 0 radical (unpaired) electrons. The summed E-state index contributed by atoms with van der Waals surface area (Å²) >= 11 is 0. The average Bonchev–Trinajstić information content (AvgIpc) is 3.10. The van der Waals surface area contributed by atoms with Crippen LogP contribution in [-0.4, -0.2) is 61.3 Å². The van der Waals surface area contributed by atoms with Gasteiger partial charge in [0.2, 0.25) is 0 Å². The second-order valence-corrected chi connectivity index (χ2v) is 8.58. The molecule has 1 unspecified atom stereocenters. The van der Waals surface area contributed by atoms with Gasteiger partial charge in [0.1, 0.15) is 0 Å². The van der Waals surface area contributed by atoms with Crippen LogP contribution in [0.5, 0.6) is 0 Å². The number of urea groups is 1. The van der Waals surface area contributed by atoms with Crippen molar-refractivity contribution in [3.63, 3.8) is 0 Å². The molecule has 3 fully saturated rings. The van der Waals surface area contributed by atoms with Gasteiger partial charge in [-0.25, -0.2) is 13.6 Å². The summed E-state index contributed by atoms with van der Waals surface area (Å²) in [5, 5.41) is 3.19. The highest BCUT2D eigenvalue weighted by Crippen LogP contribution is 2.38. The molecule has 3 aliphatic heterocycles. The Morgan fingerprint density at radius 3 is 2.71 bits per heavy atom. The van der Waals surface area contributed by atoms with Crippen molar-refractivity contribution >= 4 is 6.03 Å². The number of piperidine rings is 1. The Morgan fingerprint density at radius 1 is 1.18 bits per heavy atom. The van der Waals surface area contributed by atoms with Crippen LogP contribution in [0.4, 0.5) is 13.6 Å². The zero-order valence-corrected chi connectivity index (χ0v) is 16.3. The number of carbonyl (C=O) groups is 1. The van der Waals surface area contributed by atoms with Crippen LogP contribution in [0.15, 0.2) is 18.2 Å². The molecule has 0 bridgehead atoms. The van der Waals surface area contributed by atoms with E-state index in [9.17, 15) is 13.6 Å². The van der Waals surface area contributed by atoms with Crippen molar-refractivity contribution in [2.45, 2.75) is 44.7 Å². The molecule has 0 saturated carbocycles. The van der Waals surface area contributed by atoms with Gasteiger partial charge in [0.05, 0.1) is 6.61 Å². The average molecular weight is 393 g/mol. The molecule has 3 saturated heterocycles. The predicted octanol–water partition coefficient (Wildman–Crippen LogP) is 3.14. The number of likely N-dealkylation sites (tertiary alicyclic amines) is 2. The topological polar surface area (TPSA) is 44.8 Å². The fourth-order valence-electron chi connectivity index (χ4n) is 4.74. The molecule has 2 amide bonds. The largest absolute Gasteiger partial charge is 0.381 e. The minimum absolute atomic E-state index is 0.0431. The van der Waals surface area contributed by atoms with Gasteiger partial charge in [0.25, 0.3) is 0 Å². The van der Waals surface area contributed by atoms with E-state index in [0.29, 0.717) is 6.54 Å². The van der Waals surface area contributed by atoms with Gasteiger partial charge in [-0.05, 0) is 49.8 Å². The number of nitrogens with one attached hydrogen (secondary N) is 1. The molecule has 28 heavy (non-hydrogen) atoms. The lowest BCUT2D eigenvalue weighted by Gasteiger charge is -2.34. The maximum absolute atomic E-state index is 13.4. The maximum atomic E-state index is 13.4. The number of carbonyl (C=O) groups excluding carboxylic acids is 1. The summed E-state index contributed by atoms with van der Waals surface area (Å²) in [5.74, 6) is -1.61. The maximum Gasteiger partial charge on any atom is 0.317 e. The number of amides is 2. The molecule has 1 aromatic carbocycles. The molecule has 1 spiro atoms. The van der Waals surface area contributed by atoms with Gasteiger partial charge in [-0.1, -0.05) is 6.07 Å². The van der Waals surface area contributed by atoms with Crippen molar-refractivity contribution in [1.82, 2.24) is 15.1 Å². The van der Waals surface area contributed by atoms with E-state index in [1.54, 1.807) is 6.07 Å². The second kappa shape index (κ2) is 8.33. The standard InChI is InChI=1S/C21H29F2N3O2/c22-18-3-2-16(12-19(18)23)13-25-8-4-17(5-9-25)24-20(27)26-10-7-21(14-26)6-1-11-28-15-21/h2-3,12,17H,1,4-11,13-15H2,(H,24,27). The zero-order valence-electron chi connectivity index (χ0n) is 16.3. The Balaban J connectivity index is 1.22. The molecule has 154 valence electrons. The second-order valence-electron chi connectivity index (χ2n) is 8.58. The normalized spacial score (nSPS) is 26.7. The number of ether oxygens (including phenoxy) is 1. The third kappa shape index (κ3) is 4.46. The lowest BCUT2D eigenvalue weighted by Crippen LogP contribution is -2.49.